The van der Waals surface area contributed by atoms with E-state index >= 15 is 0 Å². The molecule has 0 aliphatic heterocycles. The molecule has 4 aromatic rings. The molecule has 5 nitrogen and oxygen atoms in total. The minimum atomic E-state index is -0.326. The second kappa shape index (κ2) is 8.84. The van der Waals surface area contributed by atoms with Gasteiger partial charge in [-0.25, -0.2) is 4.98 Å². The van der Waals surface area contributed by atoms with Crippen molar-refractivity contribution in [1.82, 2.24) is 9.88 Å². The fourth-order valence-corrected chi connectivity index (χ4v) is 3.89. The highest BCUT2D eigenvalue weighted by atomic mass is 32.1. The smallest absolute Gasteiger partial charge is 0.261 e. The maximum Gasteiger partial charge on any atom is 0.261 e. The quantitative estimate of drug-likeness (QED) is 0.454. The van der Waals surface area contributed by atoms with Crippen molar-refractivity contribution < 1.29 is 9.21 Å². The Morgan fingerprint density at radius 2 is 1.86 bits per heavy atom. The number of hydrogen-bond donors (Lipinski definition) is 0. The first kappa shape index (κ1) is 19.1. The van der Waals surface area contributed by atoms with Crippen LogP contribution in [0.1, 0.15) is 27.3 Å². The van der Waals surface area contributed by atoms with Crippen molar-refractivity contribution in [3.63, 3.8) is 0 Å². The summed E-state index contributed by atoms with van der Waals surface area (Å²) in [5, 5.41) is 3.13. The second-order valence-corrected chi connectivity index (χ2v) is 7.70. The van der Waals surface area contributed by atoms with Gasteiger partial charge in [0.1, 0.15) is 22.4 Å². The van der Waals surface area contributed by atoms with Crippen molar-refractivity contribution in [2.24, 2.45) is 0 Å². The van der Waals surface area contributed by atoms with Gasteiger partial charge in [-0.1, -0.05) is 42.5 Å². The molecular formula is C23H20N2O3S. The van der Waals surface area contributed by atoms with Gasteiger partial charge in [-0.05, 0) is 30.5 Å². The monoisotopic (exact) mass is 404 g/mol. The number of amides is 1. The molecule has 146 valence electrons. The van der Waals surface area contributed by atoms with Crippen LogP contribution in [0.4, 0.5) is 0 Å². The van der Waals surface area contributed by atoms with E-state index in [9.17, 15) is 9.59 Å². The maximum absolute atomic E-state index is 13.2. The lowest BCUT2D eigenvalue weighted by molar-refractivity contribution is 0.0737. The van der Waals surface area contributed by atoms with Crippen molar-refractivity contribution >= 4 is 28.2 Å². The highest BCUT2D eigenvalue weighted by Gasteiger charge is 2.21. The third-order valence-corrected chi connectivity index (χ3v) is 5.51. The molecule has 0 unspecified atom stereocenters. The highest BCUT2D eigenvalue weighted by Crippen LogP contribution is 2.15. The molecule has 2 aromatic heterocycles. The Hall–Kier alpha value is -3.25. The molecule has 2 heterocycles. The number of hydrogen-bond acceptors (Lipinski definition) is 5. The van der Waals surface area contributed by atoms with Crippen molar-refractivity contribution in [3.05, 3.63) is 98.8 Å². The number of aromatic nitrogens is 1. The zero-order chi connectivity index (χ0) is 20.1. The van der Waals surface area contributed by atoms with Gasteiger partial charge in [0, 0.05) is 18.1 Å². The van der Waals surface area contributed by atoms with Crippen LogP contribution >= 0.6 is 11.3 Å². The second-order valence-electron chi connectivity index (χ2n) is 6.72. The number of benzene rings is 2. The van der Waals surface area contributed by atoms with Crippen molar-refractivity contribution in [1.29, 1.82) is 0 Å². The number of thiazole rings is 1. The molecule has 0 bridgehead atoms. The van der Waals surface area contributed by atoms with Crippen LogP contribution in [0.2, 0.25) is 0 Å². The van der Waals surface area contributed by atoms with Gasteiger partial charge in [-0.2, -0.15) is 0 Å². The summed E-state index contributed by atoms with van der Waals surface area (Å²) in [6.45, 7) is 0.900. The normalized spacial score (nSPS) is 10.9. The van der Waals surface area contributed by atoms with Gasteiger partial charge in [-0.3, -0.25) is 9.59 Å². The van der Waals surface area contributed by atoms with Gasteiger partial charge in [0.2, 0.25) is 5.43 Å². The van der Waals surface area contributed by atoms with E-state index in [-0.39, 0.29) is 16.9 Å². The first-order valence-corrected chi connectivity index (χ1v) is 10.3. The Morgan fingerprint density at radius 1 is 1.07 bits per heavy atom. The number of aryl methyl sites for hydroxylation is 1. The predicted octanol–water partition coefficient (Wildman–Crippen LogP) is 4.52. The summed E-state index contributed by atoms with van der Waals surface area (Å²) in [6, 6.07) is 17.1. The number of rotatable bonds is 7. The average molecular weight is 404 g/mol. The molecule has 0 aliphatic carbocycles. The van der Waals surface area contributed by atoms with E-state index in [2.05, 4.69) is 17.1 Å². The lowest BCUT2D eigenvalue weighted by Crippen LogP contribution is -2.34. The van der Waals surface area contributed by atoms with E-state index in [1.165, 1.54) is 23.2 Å². The molecule has 0 radical (unpaired) electrons. The lowest BCUT2D eigenvalue weighted by atomic mass is 10.1. The summed E-state index contributed by atoms with van der Waals surface area (Å²) in [7, 11) is 0. The summed E-state index contributed by atoms with van der Waals surface area (Å²) in [5.74, 6) is -0.326. The standard InChI is InChI=1S/C23H20N2O3S/c26-22-18-10-4-5-11-20(18)28-16-19(22)23(27)25(15-21-24-12-14-29-21)13-6-9-17-7-2-1-3-8-17/h1-5,7-8,10-12,14,16H,6,9,13,15H2. The van der Waals surface area contributed by atoms with E-state index in [4.69, 9.17) is 4.42 Å². The molecular weight excluding hydrogens is 384 g/mol. The van der Waals surface area contributed by atoms with Gasteiger partial charge < -0.3 is 9.32 Å². The molecule has 29 heavy (non-hydrogen) atoms. The molecule has 0 fully saturated rings. The van der Waals surface area contributed by atoms with Gasteiger partial charge >= 0.3 is 0 Å². The molecule has 0 spiro atoms. The number of carbonyl (C=O) groups excluding carboxylic acids is 1. The fraction of sp³-hybridized carbons (Fsp3) is 0.174. The van der Waals surface area contributed by atoms with E-state index < -0.39 is 0 Å². The number of carbonyl (C=O) groups is 1. The molecule has 0 aliphatic rings. The number of fused-ring (bicyclic) bond motifs is 1. The molecule has 0 N–H and O–H groups in total. The van der Waals surface area contributed by atoms with Crippen LogP contribution in [0, 0.1) is 0 Å². The number of para-hydroxylation sites is 1. The molecule has 6 heteroatoms. The Labute approximate surface area is 172 Å². The summed E-state index contributed by atoms with van der Waals surface area (Å²) in [6.07, 6.45) is 4.64. The van der Waals surface area contributed by atoms with Gasteiger partial charge in [0.25, 0.3) is 5.91 Å². The Kier molecular flexibility index (Phi) is 5.81. The largest absolute Gasteiger partial charge is 0.463 e. The topological polar surface area (TPSA) is 63.4 Å². The Balaban J connectivity index is 1.57. The average Bonchev–Trinajstić information content (AvgIpc) is 3.27. The van der Waals surface area contributed by atoms with E-state index in [1.807, 2.05) is 23.6 Å². The van der Waals surface area contributed by atoms with Gasteiger partial charge in [0.15, 0.2) is 0 Å². The molecule has 0 saturated heterocycles. The summed E-state index contributed by atoms with van der Waals surface area (Å²) in [4.78, 5) is 32.0. The van der Waals surface area contributed by atoms with Crippen molar-refractivity contribution in [2.75, 3.05) is 6.54 Å². The first-order chi connectivity index (χ1) is 14.2. The van der Waals surface area contributed by atoms with Gasteiger partial charge in [-0.15, -0.1) is 11.3 Å². The van der Waals surface area contributed by atoms with Gasteiger partial charge in [0.05, 0.1) is 11.9 Å². The Bertz CT molecular complexity index is 1150. The van der Waals surface area contributed by atoms with Crippen LogP contribution < -0.4 is 5.43 Å². The van der Waals surface area contributed by atoms with Crippen molar-refractivity contribution in [2.45, 2.75) is 19.4 Å². The molecule has 4 rings (SSSR count). The van der Waals surface area contributed by atoms with Crippen LogP contribution in [-0.4, -0.2) is 22.3 Å². The maximum atomic E-state index is 13.2. The fourth-order valence-electron chi connectivity index (χ4n) is 3.26. The van der Waals surface area contributed by atoms with Crippen molar-refractivity contribution in [3.8, 4) is 0 Å². The van der Waals surface area contributed by atoms with Crippen LogP contribution in [0.15, 0.2) is 81.6 Å². The first-order valence-electron chi connectivity index (χ1n) is 9.44. The molecule has 0 atom stereocenters. The highest BCUT2D eigenvalue weighted by molar-refractivity contribution is 7.09. The minimum Gasteiger partial charge on any atom is -0.463 e. The summed E-state index contributed by atoms with van der Waals surface area (Å²) < 4.78 is 5.54. The number of nitrogens with zero attached hydrogens (tertiary/aromatic N) is 2. The summed E-state index contributed by atoms with van der Waals surface area (Å²) >= 11 is 1.49. The summed E-state index contributed by atoms with van der Waals surface area (Å²) in [5.41, 5.74) is 1.45. The van der Waals surface area contributed by atoms with E-state index in [0.29, 0.717) is 24.1 Å². The van der Waals surface area contributed by atoms with Crippen LogP contribution in [0.5, 0.6) is 0 Å². The van der Waals surface area contributed by atoms with E-state index in [0.717, 1.165) is 17.8 Å². The molecule has 0 saturated carbocycles. The Morgan fingerprint density at radius 3 is 2.66 bits per heavy atom. The third kappa shape index (κ3) is 4.43. The minimum absolute atomic E-state index is 0.0555. The SMILES string of the molecule is O=C(c1coc2ccccc2c1=O)N(CCCc1ccccc1)Cc1nccs1. The lowest BCUT2D eigenvalue weighted by Gasteiger charge is -2.21. The van der Waals surface area contributed by atoms with Crippen LogP contribution in [0.3, 0.4) is 0 Å². The zero-order valence-electron chi connectivity index (χ0n) is 15.8. The third-order valence-electron chi connectivity index (χ3n) is 4.74. The van der Waals surface area contributed by atoms with Crippen LogP contribution in [-0.2, 0) is 13.0 Å². The zero-order valence-corrected chi connectivity index (χ0v) is 16.6. The predicted molar refractivity (Wildman–Crippen MR) is 114 cm³/mol. The van der Waals surface area contributed by atoms with E-state index in [1.54, 1.807) is 35.4 Å². The molecule has 1 amide bonds. The molecule has 2 aromatic carbocycles. The van der Waals surface area contributed by atoms with Crippen LogP contribution in [0.25, 0.3) is 11.0 Å².